The lowest BCUT2D eigenvalue weighted by Crippen LogP contribution is -2.13. The van der Waals surface area contributed by atoms with E-state index in [1.54, 1.807) is 7.11 Å². The van der Waals surface area contributed by atoms with Crippen molar-refractivity contribution in [3.05, 3.63) is 93.0 Å². The van der Waals surface area contributed by atoms with Crippen LogP contribution in [0.25, 0.3) is 0 Å². The summed E-state index contributed by atoms with van der Waals surface area (Å²) in [5.41, 5.74) is 4.42. The number of nitrogens with one attached hydrogen (secondary N) is 1. The van der Waals surface area contributed by atoms with Crippen molar-refractivity contribution in [3.63, 3.8) is 0 Å². The number of halogens is 3. The maximum atomic E-state index is 6.47. The third kappa shape index (κ3) is 6.55. The molecule has 0 aliphatic rings. The molecule has 6 heteroatoms. The molecule has 0 radical (unpaired) electrons. The third-order valence-electron chi connectivity index (χ3n) is 4.40. The van der Waals surface area contributed by atoms with E-state index in [9.17, 15) is 0 Å². The Morgan fingerprint density at radius 2 is 1.55 bits per heavy atom. The molecule has 154 valence electrons. The molecule has 3 nitrogen and oxygen atoms in total. The Labute approximate surface area is 188 Å². The van der Waals surface area contributed by atoms with Gasteiger partial charge >= 0.3 is 0 Å². The van der Waals surface area contributed by atoms with Crippen LogP contribution in [0.1, 0.15) is 22.3 Å². The molecular weight excluding hydrogens is 429 g/mol. The van der Waals surface area contributed by atoms with E-state index in [2.05, 4.69) is 36.5 Å². The van der Waals surface area contributed by atoms with Crippen LogP contribution in [-0.4, -0.2) is 7.11 Å². The Hall–Kier alpha value is -1.91. The molecule has 1 N–H and O–H groups in total. The Morgan fingerprint density at radius 1 is 0.862 bits per heavy atom. The number of hydrogen-bond donors (Lipinski definition) is 1. The lowest BCUT2D eigenvalue weighted by atomic mass is 10.1. The second kappa shape index (κ2) is 11.3. The highest BCUT2D eigenvalue weighted by Gasteiger charge is 2.13. The summed E-state index contributed by atoms with van der Waals surface area (Å²) < 4.78 is 11.4. The van der Waals surface area contributed by atoms with Crippen molar-refractivity contribution >= 4 is 35.6 Å². The van der Waals surface area contributed by atoms with Crippen molar-refractivity contribution in [2.45, 2.75) is 26.6 Å². The van der Waals surface area contributed by atoms with Gasteiger partial charge in [-0.05, 0) is 36.2 Å². The predicted octanol–water partition coefficient (Wildman–Crippen LogP) is 6.60. The Kier molecular flexibility index (Phi) is 9.12. The summed E-state index contributed by atoms with van der Waals surface area (Å²) in [5.74, 6) is 1.12. The molecule has 0 aliphatic heterocycles. The molecular formula is C23H24Cl3NO2. The zero-order chi connectivity index (χ0) is 19.9. The molecule has 0 amide bonds. The minimum Gasteiger partial charge on any atom is -0.493 e. The SMILES string of the molecule is COc1cc(CNCc2ccc(C)cc2)cc(Cl)c1OCc1ccccc1Cl.Cl. The van der Waals surface area contributed by atoms with Gasteiger partial charge in [-0.25, -0.2) is 0 Å². The molecule has 3 rings (SSSR count). The standard InChI is InChI=1S/C23H23Cl2NO2.ClH/c1-16-7-9-17(10-8-16)13-26-14-18-11-21(25)23(22(12-18)27-2)28-15-19-5-3-4-6-20(19)24;/h3-12,26H,13-15H2,1-2H3;1H. The van der Waals surface area contributed by atoms with Gasteiger partial charge in [0.05, 0.1) is 12.1 Å². The molecule has 0 aliphatic carbocycles. The number of hydrogen-bond acceptors (Lipinski definition) is 3. The van der Waals surface area contributed by atoms with Crippen molar-refractivity contribution in [2.75, 3.05) is 7.11 Å². The maximum Gasteiger partial charge on any atom is 0.180 e. The molecule has 0 aromatic heterocycles. The van der Waals surface area contributed by atoms with Crippen LogP contribution in [0.15, 0.2) is 60.7 Å². The Balaban J connectivity index is 0.00000300. The highest BCUT2D eigenvalue weighted by molar-refractivity contribution is 6.32. The van der Waals surface area contributed by atoms with Crippen molar-refractivity contribution in [3.8, 4) is 11.5 Å². The minimum atomic E-state index is 0. The van der Waals surface area contributed by atoms with E-state index >= 15 is 0 Å². The van der Waals surface area contributed by atoms with E-state index < -0.39 is 0 Å². The van der Waals surface area contributed by atoms with Crippen LogP contribution < -0.4 is 14.8 Å². The first kappa shape index (κ1) is 23.4. The normalized spacial score (nSPS) is 10.3. The van der Waals surface area contributed by atoms with Gasteiger partial charge in [0.25, 0.3) is 0 Å². The Bertz CT molecular complexity index is 930. The lowest BCUT2D eigenvalue weighted by molar-refractivity contribution is 0.284. The van der Waals surface area contributed by atoms with E-state index in [-0.39, 0.29) is 12.4 Å². The number of benzene rings is 3. The highest BCUT2D eigenvalue weighted by Crippen LogP contribution is 2.37. The largest absolute Gasteiger partial charge is 0.493 e. The fourth-order valence-electron chi connectivity index (χ4n) is 2.84. The number of ether oxygens (including phenoxy) is 2. The quantitative estimate of drug-likeness (QED) is 0.417. The topological polar surface area (TPSA) is 30.5 Å². The van der Waals surface area contributed by atoms with Crippen LogP contribution in [-0.2, 0) is 19.7 Å². The van der Waals surface area contributed by atoms with Crippen LogP contribution in [0.5, 0.6) is 11.5 Å². The summed E-state index contributed by atoms with van der Waals surface area (Å²) in [6, 6.07) is 19.9. The second-order valence-corrected chi connectivity index (χ2v) is 7.39. The molecule has 0 unspecified atom stereocenters. The molecule has 29 heavy (non-hydrogen) atoms. The van der Waals surface area contributed by atoms with Crippen molar-refractivity contribution < 1.29 is 9.47 Å². The van der Waals surface area contributed by atoms with Gasteiger partial charge in [-0.3, -0.25) is 0 Å². The van der Waals surface area contributed by atoms with E-state index in [1.807, 2.05) is 36.4 Å². The summed E-state index contributed by atoms with van der Waals surface area (Å²) in [4.78, 5) is 0. The van der Waals surface area contributed by atoms with E-state index in [1.165, 1.54) is 11.1 Å². The third-order valence-corrected chi connectivity index (χ3v) is 5.05. The van der Waals surface area contributed by atoms with Crippen LogP contribution in [0.3, 0.4) is 0 Å². The zero-order valence-corrected chi connectivity index (χ0v) is 18.7. The number of aryl methyl sites for hydroxylation is 1. The first-order valence-corrected chi connectivity index (χ1v) is 9.81. The summed E-state index contributed by atoms with van der Waals surface area (Å²) in [6.07, 6.45) is 0. The minimum absolute atomic E-state index is 0. The monoisotopic (exact) mass is 451 g/mol. The molecule has 0 saturated carbocycles. The second-order valence-electron chi connectivity index (χ2n) is 6.58. The van der Waals surface area contributed by atoms with Gasteiger partial charge in [0, 0.05) is 23.7 Å². The molecule has 3 aromatic carbocycles. The van der Waals surface area contributed by atoms with E-state index in [0.717, 1.165) is 17.7 Å². The fourth-order valence-corrected chi connectivity index (χ4v) is 3.32. The summed E-state index contributed by atoms with van der Waals surface area (Å²) in [6.45, 7) is 3.86. The number of methoxy groups -OCH3 is 1. The van der Waals surface area contributed by atoms with Crippen molar-refractivity contribution in [2.24, 2.45) is 0 Å². The van der Waals surface area contributed by atoms with Crippen LogP contribution in [0, 0.1) is 6.92 Å². The van der Waals surface area contributed by atoms with Crippen LogP contribution >= 0.6 is 35.6 Å². The molecule has 0 bridgehead atoms. The van der Waals surface area contributed by atoms with Crippen LogP contribution in [0.4, 0.5) is 0 Å². The average Bonchev–Trinajstić information content (AvgIpc) is 2.69. The molecule has 0 atom stereocenters. The molecule has 0 saturated heterocycles. The zero-order valence-electron chi connectivity index (χ0n) is 16.4. The lowest BCUT2D eigenvalue weighted by Gasteiger charge is -2.15. The molecule has 0 spiro atoms. The first-order chi connectivity index (χ1) is 13.6. The summed E-state index contributed by atoms with van der Waals surface area (Å²) >= 11 is 12.7. The van der Waals surface area contributed by atoms with Gasteiger partial charge < -0.3 is 14.8 Å². The average molecular weight is 453 g/mol. The van der Waals surface area contributed by atoms with Crippen LogP contribution in [0.2, 0.25) is 10.0 Å². The number of rotatable bonds is 8. The molecule has 0 heterocycles. The van der Waals surface area contributed by atoms with Gasteiger partial charge in [-0.2, -0.15) is 0 Å². The van der Waals surface area contributed by atoms with Crippen molar-refractivity contribution in [1.29, 1.82) is 0 Å². The van der Waals surface area contributed by atoms with Gasteiger partial charge in [0.2, 0.25) is 0 Å². The van der Waals surface area contributed by atoms with Gasteiger partial charge in [0.15, 0.2) is 11.5 Å². The summed E-state index contributed by atoms with van der Waals surface area (Å²) in [7, 11) is 1.61. The fraction of sp³-hybridized carbons (Fsp3) is 0.217. The summed E-state index contributed by atoms with van der Waals surface area (Å²) in [5, 5.41) is 4.60. The first-order valence-electron chi connectivity index (χ1n) is 9.05. The predicted molar refractivity (Wildman–Crippen MR) is 123 cm³/mol. The van der Waals surface area contributed by atoms with Gasteiger partial charge in [-0.15, -0.1) is 12.4 Å². The maximum absolute atomic E-state index is 6.47. The van der Waals surface area contributed by atoms with Gasteiger partial charge in [0.1, 0.15) is 6.61 Å². The van der Waals surface area contributed by atoms with E-state index in [4.69, 9.17) is 32.7 Å². The van der Waals surface area contributed by atoms with Crippen molar-refractivity contribution in [1.82, 2.24) is 5.32 Å². The molecule has 0 fully saturated rings. The highest BCUT2D eigenvalue weighted by atomic mass is 35.5. The smallest absolute Gasteiger partial charge is 0.180 e. The molecule has 3 aromatic rings. The van der Waals surface area contributed by atoms with E-state index in [0.29, 0.717) is 34.7 Å². The van der Waals surface area contributed by atoms with Gasteiger partial charge in [-0.1, -0.05) is 71.2 Å². The Morgan fingerprint density at radius 3 is 2.24 bits per heavy atom.